The highest BCUT2D eigenvalue weighted by molar-refractivity contribution is 5.81. The smallest absolute Gasteiger partial charge is 0.408 e. The molecule has 76 heavy (non-hydrogen) atoms. The van der Waals surface area contributed by atoms with Gasteiger partial charge in [0.1, 0.15) is 41.5 Å². The van der Waals surface area contributed by atoms with Crippen LogP contribution >= 0.6 is 0 Å². The first-order valence-corrected chi connectivity index (χ1v) is 27.9. The SMILES string of the molecule is CC(C)O.CO[C@H](C)CN(CCCCc1ccc2c(n1)NCCC2)CC[C@H](N)C(=O)OC(C)(C)C.CO[C@H](C)CN(CCCCc1ccc2c(n1)NCCC2)CC[C@H](NC(=O)OCc1ccccc1)C(=O)OC(C)(C)C. The van der Waals surface area contributed by atoms with E-state index in [0.29, 0.717) is 19.4 Å². The molecule has 2 aliphatic rings. The summed E-state index contributed by atoms with van der Waals surface area (Å²) < 4.78 is 27.4. The summed E-state index contributed by atoms with van der Waals surface area (Å²) in [5.41, 5.74) is 10.7. The van der Waals surface area contributed by atoms with E-state index < -0.39 is 35.3 Å². The number of unbranched alkanes of at least 4 members (excludes halogenated alkanes) is 2. The number of anilines is 2. The molecule has 0 spiro atoms. The molecule has 5 rings (SSSR count). The Kier molecular flexibility index (Phi) is 29.9. The number of pyridine rings is 2. The van der Waals surface area contributed by atoms with Crippen molar-refractivity contribution in [2.24, 2.45) is 5.73 Å². The van der Waals surface area contributed by atoms with Gasteiger partial charge in [-0.25, -0.2) is 19.6 Å². The first kappa shape index (κ1) is 65.4. The number of aromatic nitrogens is 2. The van der Waals surface area contributed by atoms with Gasteiger partial charge in [-0.05, 0) is 188 Å². The van der Waals surface area contributed by atoms with Gasteiger partial charge in [0.2, 0.25) is 0 Å². The molecule has 4 heterocycles. The van der Waals surface area contributed by atoms with Crippen LogP contribution in [0.4, 0.5) is 16.4 Å². The lowest BCUT2D eigenvalue weighted by molar-refractivity contribution is -0.158. The quantitative estimate of drug-likeness (QED) is 0.0275. The number of aryl methyl sites for hydroxylation is 4. The van der Waals surface area contributed by atoms with Gasteiger partial charge in [0, 0.05) is 71.0 Å². The van der Waals surface area contributed by atoms with Crippen molar-refractivity contribution in [3.63, 3.8) is 0 Å². The second-order valence-electron chi connectivity index (χ2n) is 22.4. The number of rotatable bonds is 27. The molecule has 0 saturated carbocycles. The minimum Gasteiger partial charge on any atom is -0.459 e. The fourth-order valence-electron chi connectivity index (χ4n) is 8.42. The molecule has 0 radical (unpaired) electrons. The second-order valence-corrected chi connectivity index (χ2v) is 22.4. The molecular weight excluding hydrogens is 965 g/mol. The highest BCUT2D eigenvalue weighted by atomic mass is 16.6. The van der Waals surface area contributed by atoms with Crippen molar-refractivity contribution in [1.29, 1.82) is 0 Å². The number of aliphatic hydroxyl groups excluding tert-OH is 1. The molecule has 2 aliphatic heterocycles. The van der Waals surface area contributed by atoms with E-state index in [1.165, 1.54) is 17.5 Å². The topological polar surface area (TPSA) is 212 Å². The van der Waals surface area contributed by atoms with E-state index in [2.05, 4.69) is 56.9 Å². The number of benzene rings is 1. The van der Waals surface area contributed by atoms with Crippen LogP contribution in [0.1, 0.15) is 149 Å². The van der Waals surface area contributed by atoms with Crippen LogP contribution in [0.2, 0.25) is 0 Å². The summed E-state index contributed by atoms with van der Waals surface area (Å²) in [6, 6.07) is 16.7. The lowest BCUT2D eigenvalue weighted by Crippen LogP contribution is -2.46. The maximum absolute atomic E-state index is 13.0. The number of hydrogen-bond donors (Lipinski definition) is 5. The average molecular weight is 1060 g/mol. The highest BCUT2D eigenvalue weighted by Gasteiger charge is 2.28. The number of carbonyl (C=O) groups is 3. The number of hydrogen-bond acceptors (Lipinski definition) is 16. The lowest BCUT2D eigenvalue weighted by Gasteiger charge is -2.28. The standard InChI is InChI=1S/C32H48N4O5.C24H42N4O3.C3H8O/c1-24(39-5)22-36(20-10-9-15-27-17-16-26-14-11-19-33-29(26)34-27)21-18-28(30(37)41-32(2,3)4)35-31(38)40-23-25-12-7-6-8-13-25;1-18(30-5)17-28(16-13-21(25)23(29)31-24(2,3)4)15-7-6-10-20-12-11-19-9-8-14-26-22(19)27-20;1-3(2)4/h6-8,12-13,16-17,24,28H,9-11,14-15,18-23H2,1-5H3,(H,33,34)(H,35,38);11-12,18,21H,6-10,13-17,25H2,1-5H3,(H,26,27);3-4H,1-2H3/t24-,28+;18-,21+;/m11./s1. The fourth-order valence-corrected chi connectivity index (χ4v) is 8.42. The Balaban J connectivity index is 0.000000386. The van der Waals surface area contributed by atoms with E-state index >= 15 is 0 Å². The predicted octanol–water partition coefficient (Wildman–Crippen LogP) is 8.67. The number of nitrogens with one attached hydrogen (secondary N) is 3. The number of methoxy groups -OCH3 is 2. The van der Waals surface area contributed by atoms with Crippen LogP contribution in [0.25, 0.3) is 0 Å². The van der Waals surface area contributed by atoms with Crippen molar-refractivity contribution in [2.75, 3.05) is 77.2 Å². The normalized spacial score (nSPS) is 14.8. The lowest BCUT2D eigenvalue weighted by atomic mass is 10.1. The van der Waals surface area contributed by atoms with E-state index in [1.807, 2.05) is 78.8 Å². The third kappa shape index (κ3) is 28.5. The molecule has 2 aromatic heterocycles. The minimum atomic E-state index is -0.829. The van der Waals surface area contributed by atoms with E-state index in [-0.39, 0.29) is 30.9 Å². The number of amides is 1. The van der Waals surface area contributed by atoms with Crippen LogP contribution in [0.15, 0.2) is 54.6 Å². The number of nitrogens with zero attached hydrogens (tertiary/aromatic N) is 4. The molecule has 0 bridgehead atoms. The highest BCUT2D eigenvalue weighted by Crippen LogP contribution is 2.22. The molecule has 17 heteroatoms. The van der Waals surface area contributed by atoms with Crippen LogP contribution in [0, 0.1) is 0 Å². The monoisotopic (exact) mass is 1060 g/mol. The van der Waals surface area contributed by atoms with Crippen LogP contribution in [-0.2, 0) is 65.6 Å². The molecule has 17 nitrogen and oxygen atoms in total. The van der Waals surface area contributed by atoms with Crippen molar-refractivity contribution in [3.8, 4) is 0 Å². The van der Waals surface area contributed by atoms with Crippen molar-refractivity contribution in [3.05, 3.63) is 82.7 Å². The molecule has 1 aromatic carbocycles. The van der Waals surface area contributed by atoms with Gasteiger partial charge < -0.3 is 60.3 Å². The van der Waals surface area contributed by atoms with E-state index in [9.17, 15) is 14.4 Å². The minimum absolute atomic E-state index is 0.0344. The van der Waals surface area contributed by atoms with Crippen molar-refractivity contribution < 1.29 is 43.2 Å². The van der Waals surface area contributed by atoms with Crippen molar-refractivity contribution in [1.82, 2.24) is 25.1 Å². The zero-order valence-electron chi connectivity index (χ0n) is 48.5. The summed E-state index contributed by atoms with van der Waals surface area (Å²) in [5, 5.41) is 17.6. The van der Waals surface area contributed by atoms with Crippen LogP contribution in [0.3, 0.4) is 0 Å². The molecule has 0 fully saturated rings. The average Bonchev–Trinajstić information content (AvgIpc) is 3.37. The van der Waals surface area contributed by atoms with Gasteiger partial charge in [-0.3, -0.25) is 4.79 Å². The number of alkyl carbamates (subject to hydrolysis) is 1. The summed E-state index contributed by atoms with van der Waals surface area (Å²) >= 11 is 0. The molecule has 0 aliphatic carbocycles. The van der Waals surface area contributed by atoms with E-state index in [4.69, 9.17) is 44.5 Å². The van der Waals surface area contributed by atoms with Gasteiger partial charge in [0.15, 0.2) is 0 Å². The Morgan fingerprint density at radius 2 is 1.13 bits per heavy atom. The van der Waals surface area contributed by atoms with Gasteiger partial charge >= 0.3 is 18.0 Å². The Morgan fingerprint density at radius 1 is 0.671 bits per heavy atom. The molecule has 6 N–H and O–H groups in total. The van der Waals surface area contributed by atoms with Crippen LogP contribution in [0.5, 0.6) is 0 Å². The number of aliphatic hydroxyl groups is 1. The Morgan fingerprint density at radius 3 is 1.59 bits per heavy atom. The van der Waals surface area contributed by atoms with E-state index in [1.54, 1.807) is 28.1 Å². The van der Waals surface area contributed by atoms with Gasteiger partial charge in [-0.15, -0.1) is 0 Å². The largest absolute Gasteiger partial charge is 0.459 e. The maximum Gasteiger partial charge on any atom is 0.408 e. The molecule has 0 saturated heterocycles. The zero-order valence-corrected chi connectivity index (χ0v) is 48.5. The molecule has 0 unspecified atom stereocenters. The molecule has 428 valence electrons. The van der Waals surface area contributed by atoms with Crippen LogP contribution < -0.4 is 21.7 Å². The number of ether oxygens (including phenoxy) is 5. The number of fused-ring (bicyclic) bond motifs is 2. The van der Waals surface area contributed by atoms with Crippen molar-refractivity contribution >= 4 is 29.7 Å². The molecule has 1 amide bonds. The second kappa shape index (κ2) is 34.8. The third-order valence-corrected chi connectivity index (χ3v) is 12.4. The van der Waals surface area contributed by atoms with Crippen LogP contribution in [-0.4, -0.2) is 151 Å². The van der Waals surface area contributed by atoms with Gasteiger partial charge in [0.25, 0.3) is 0 Å². The summed E-state index contributed by atoms with van der Waals surface area (Å²) in [6.45, 7) is 25.3. The summed E-state index contributed by atoms with van der Waals surface area (Å²) in [4.78, 5) is 52.0. The van der Waals surface area contributed by atoms with Gasteiger partial charge in [0.05, 0.1) is 12.2 Å². The molecular formula is C59H98N8O9. The van der Waals surface area contributed by atoms with Crippen molar-refractivity contribution in [2.45, 2.75) is 194 Å². The fraction of sp³-hybridized carbons (Fsp3) is 0.678. The first-order valence-electron chi connectivity index (χ1n) is 27.9. The Labute approximate surface area is 456 Å². The van der Waals surface area contributed by atoms with E-state index in [0.717, 1.165) is 132 Å². The molecule has 4 atom stereocenters. The number of esters is 2. The molecule has 3 aromatic rings. The predicted molar refractivity (Wildman–Crippen MR) is 304 cm³/mol. The third-order valence-electron chi connectivity index (χ3n) is 12.4. The Hall–Kier alpha value is -4.91. The number of carbonyl (C=O) groups excluding carboxylic acids is 3. The zero-order chi connectivity index (χ0) is 56.1. The summed E-state index contributed by atoms with van der Waals surface area (Å²) in [6.07, 6.45) is 10.9. The van der Waals surface area contributed by atoms with Gasteiger partial charge in [-0.1, -0.05) is 42.5 Å². The first-order chi connectivity index (χ1) is 36.0. The van der Waals surface area contributed by atoms with Gasteiger partial charge in [-0.2, -0.15) is 0 Å². The summed E-state index contributed by atoms with van der Waals surface area (Å²) in [7, 11) is 3.43. The Bertz CT molecular complexity index is 2110. The number of nitrogens with two attached hydrogens (primary N) is 1. The summed E-state index contributed by atoms with van der Waals surface area (Å²) in [5.74, 6) is 1.29. The maximum atomic E-state index is 13.0.